The van der Waals surface area contributed by atoms with Gasteiger partial charge in [0.1, 0.15) is 12.4 Å². The SMILES string of the molecule is OCCOc1ccccc1-c1cccc(-c2ccccn2)n1. The van der Waals surface area contributed by atoms with Crippen LogP contribution in [0.3, 0.4) is 0 Å². The molecule has 4 heteroatoms. The number of hydrogen-bond acceptors (Lipinski definition) is 4. The van der Waals surface area contributed by atoms with E-state index in [-0.39, 0.29) is 13.2 Å². The molecule has 4 nitrogen and oxygen atoms in total. The Morgan fingerprint density at radius 1 is 0.818 bits per heavy atom. The Balaban J connectivity index is 1.99. The molecule has 0 aliphatic heterocycles. The van der Waals surface area contributed by atoms with E-state index in [1.54, 1.807) is 6.20 Å². The molecule has 22 heavy (non-hydrogen) atoms. The van der Waals surface area contributed by atoms with E-state index < -0.39 is 0 Å². The first-order chi connectivity index (χ1) is 10.9. The van der Waals surface area contributed by atoms with E-state index in [1.807, 2.05) is 60.7 Å². The fourth-order valence-corrected chi connectivity index (χ4v) is 2.20. The predicted molar refractivity (Wildman–Crippen MR) is 85.5 cm³/mol. The fourth-order valence-electron chi connectivity index (χ4n) is 2.20. The van der Waals surface area contributed by atoms with E-state index in [0.29, 0.717) is 5.75 Å². The minimum atomic E-state index is -0.0181. The lowest BCUT2D eigenvalue weighted by molar-refractivity contribution is 0.202. The van der Waals surface area contributed by atoms with Crippen LogP contribution in [0, 0.1) is 0 Å². The van der Waals surface area contributed by atoms with E-state index in [1.165, 1.54) is 0 Å². The Hall–Kier alpha value is -2.72. The molecule has 3 aromatic rings. The molecule has 0 unspecified atom stereocenters. The molecule has 0 fully saturated rings. The maximum absolute atomic E-state index is 8.93. The lowest BCUT2D eigenvalue weighted by Crippen LogP contribution is -2.03. The molecule has 0 saturated carbocycles. The van der Waals surface area contributed by atoms with Crippen LogP contribution in [0.15, 0.2) is 66.9 Å². The topological polar surface area (TPSA) is 55.2 Å². The van der Waals surface area contributed by atoms with Crippen molar-refractivity contribution in [1.29, 1.82) is 0 Å². The van der Waals surface area contributed by atoms with Gasteiger partial charge in [0.25, 0.3) is 0 Å². The molecule has 2 aromatic heterocycles. The third kappa shape index (κ3) is 3.13. The van der Waals surface area contributed by atoms with Crippen LogP contribution in [0.4, 0.5) is 0 Å². The summed E-state index contributed by atoms with van der Waals surface area (Å²) in [5.74, 6) is 0.710. The van der Waals surface area contributed by atoms with Gasteiger partial charge in [-0.15, -0.1) is 0 Å². The quantitative estimate of drug-likeness (QED) is 0.784. The first kappa shape index (κ1) is 14.2. The van der Waals surface area contributed by atoms with E-state index in [9.17, 15) is 0 Å². The summed E-state index contributed by atoms with van der Waals surface area (Å²) in [6.07, 6.45) is 1.75. The Kier molecular flexibility index (Phi) is 4.41. The van der Waals surface area contributed by atoms with Crippen LogP contribution < -0.4 is 4.74 Å². The van der Waals surface area contributed by atoms with Crippen LogP contribution in [0.1, 0.15) is 0 Å². The average molecular weight is 292 g/mol. The summed E-state index contributed by atoms with van der Waals surface area (Å²) in [5, 5.41) is 8.93. The van der Waals surface area contributed by atoms with Crippen LogP contribution in [-0.4, -0.2) is 28.3 Å². The lowest BCUT2D eigenvalue weighted by Gasteiger charge is -2.11. The van der Waals surface area contributed by atoms with Crippen molar-refractivity contribution in [2.75, 3.05) is 13.2 Å². The second kappa shape index (κ2) is 6.83. The highest BCUT2D eigenvalue weighted by atomic mass is 16.5. The van der Waals surface area contributed by atoms with Gasteiger partial charge in [-0.25, -0.2) is 4.98 Å². The van der Waals surface area contributed by atoms with Crippen LogP contribution in [0.5, 0.6) is 5.75 Å². The Bertz CT molecular complexity index is 745. The number of nitrogens with zero attached hydrogens (tertiary/aromatic N) is 2. The Morgan fingerprint density at radius 3 is 2.41 bits per heavy atom. The van der Waals surface area contributed by atoms with Crippen LogP contribution in [0.2, 0.25) is 0 Å². The fraction of sp³-hybridized carbons (Fsp3) is 0.111. The molecule has 1 N–H and O–H groups in total. The molecular weight excluding hydrogens is 276 g/mol. The van der Waals surface area contributed by atoms with Gasteiger partial charge < -0.3 is 9.84 Å². The number of ether oxygens (including phenoxy) is 1. The highest BCUT2D eigenvalue weighted by Gasteiger charge is 2.09. The van der Waals surface area contributed by atoms with Crippen LogP contribution >= 0.6 is 0 Å². The molecule has 0 bridgehead atoms. The second-order valence-electron chi connectivity index (χ2n) is 4.69. The summed E-state index contributed by atoms with van der Waals surface area (Å²) in [5.41, 5.74) is 3.36. The van der Waals surface area contributed by atoms with Crippen molar-refractivity contribution >= 4 is 0 Å². The number of rotatable bonds is 5. The van der Waals surface area contributed by atoms with Gasteiger partial charge in [0, 0.05) is 11.8 Å². The molecule has 0 radical (unpaired) electrons. The molecule has 0 amide bonds. The van der Waals surface area contributed by atoms with Gasteiger partial charge in [-0.2, -0.15) is 0 Å². The van der Waals surface area contributed by atoms with Crippen molar-refractivity contribution in [3.8, 4) is 28.4 Å². The molecule has 0 aliphatic carbocycles. The highest BCUT2D eigenvalue weighted by Crippen LogP contribution is 2.29. The maximum atomic E-state index is 8.93. The number of para-hydroxylation sites is 1. The zero-order valence-electron chi connectivity index (χ0n) is 12.0. The number of pyridine rings is 2. The van der Waals surface area contributed by atoms with E-state index in [0.717, 1.165) is 22.6 Å². The standard InChI is InChI=1S/C18H16N2O2/c21-12-13-22-18-10-2-1-6-14(18)15-8-5-9-17(20-15)16-7-3-4-11-19-16/h1-11,21H,12-13H2. The van der Waals surface area contributed by atoms with Gasteiger partial charge in [-0.05, 0) is 36.4 Å². The van der Waals surface area contributed by atoms with Crippen LogP contribution in [-0.2, 0) is 0 Å². The minimum absolute atomic E-state index is 0.0181. The Labute approximate surface area is 129 Å². The van der Waals surface area contributed by atoms with Gasteiger partial charge in [-0.3, -0.25) is 4.98 Å². The van der Waals surface area contributed by atoms with Crippen molar-refractivity contribution < 1.29 is 9.84 Å². The smallest absolute Gasteiger partial charge is 0.128 e. The van der Waals surface area contributed by atoms with Gasteiger partial charge in [0.15, 0.2) is 0 Å². The number of aliphatic hydroxyl groups excluding tert-OH is 1. The van der Waals surface area contributed by atoms with Gasteiger partial charge in [-0.1, -0.05) is 24.3 Å². The summed E-state index contributed by atoms with van der Waals surface area (Å²) in [7, 11) is 0. The molecule has 3 rings (SSSR count). The zero-order valence-corrected chi connectivity index (χ0v) is 12.0. The lowest BCUT2D eigenvalue weighted by atomic mass is 10.1. The van der Waals surface area contributed by atoms with E-state index in [2.05, 4.69) is 9.97 Å². The third-order valence-corrected chi connectivity index (χ3v) is 3.19. The van der Waals surface area contributed by atoms with Crippen molar-refractivity contribution in [3.05, 3.63) is 66.9 Å². The normalized spacial score (nSPS) is 10.4. The van der Waals surface area contributed by atoms with Crippen molar-refractivity contribution in [2.45, 2.75) is 0 Å². The van der Waals surface area contributed by atoms with E-state index in [4.69, 9.17) is 9.84 Å². The minimum Gasteiger partial charge on any atom is -0.490 e. The van der Waals surface area contributed by atoms with Crippen molar-refractivity contribution in [1.82, 2.24) is 9.97 Å². The monoisotopic (exact) mass is 292 g/mol. The highest BCUT2D eigenvalue weighted by molar-refractivity contribution is 5.69. The Morgan fingerprint density at radius 2 is 1.59 bits per heavy atom. The van der Waals surface area contributed by atoms with Crippen molar-refractivity contribution in [2.24, 2.45) is 0 Å². The number of benzene rings is 1. The first-order valence-electron chi connectivity index (χ1n) is 7.10. The van der Waals surface area contributed by atoms with Crippen molar-refractivity contribution in [3.63, 3.8) is 0 Å². The number of aliphatic hydroxyl groups is 1. The molecule has 0 aliphatic rings. The third-order valence-electron chi connectivity index (χ3n) is 3.19. The summed E-state index contributed by atoms with van der Waals surface area (Å²) in [6, 6.07) is 19.2. The molecule has 0 saturated heterocycles. The van der Waals surface area contributed by atoms with E-state index >= 15 is 0 Å². The molecule has 0 spiro atoms. The van der Waals surface area contributed by atoms with Crippen LogP contribution in [0.25, 0.3) is 22.6 Å². The van der Waals surface area contributed by atoms with Gasteiger partial charge in [0.2, 0.25) is 0 Å². The first-order valence-corrected chi connectivity index (χ1v) is 7.10. The average Bonchev–Trinajstić information content (AvgIpc) is 2.61. The largest absolute Gasteiger partial charge is 0.490 e. The molecule has 1 aromatic carbocycles. The zero-order chi connectivity index (χ0) is 15.2. The molecule has 110 valence electrons. The maximum Gasteiger partial charge on any atom is 0.128 e. The number of hydrogen-bond donors (Lipinski definition) is 1. The summed E-state index contributed by atoms with van der Waals surface area (Å²) in [6.45, 7) is 0.243. The summed E-state index contributed by atoms with van der Waals surface area (Å²) in [4.78, 5) is 9.01. The van der Waals surface area contributed by atoms with Gasteiger partial charge >= 0.3 is 0 Å². The molecular formula is C18H16N2O2. The summed E-state index contributed by atoms with van der Waals surface area (Å²) >= 11 is 0. The molecule has 2 heterocycles. The summed E-state index contributed by atoms with van der Waals surface area (Å²) < 4.78 is 5.58. The number of aromatic nitrogens is 2. The second-order valence-corrected chi connectivity index (χ2v) is 4.69. The molecule has 0 atom stereocenters. The predicted octanol–water partition coefficient (Wildman–Crippen LogP) is 3.18. The van der Waals surface area contributed by atoms with Gasteiger partial charge in [0.05, 0.1) is 23.7 Å².